The Morgan fingerprint density at radius 1 is 1.18 bits per heavy atom. The topological polar surface area (TPSA) is 45.2 Å². The first kappa shape index (κ1) is 15.4. The maximum Gasteiger partial charge on any atom is 0.133 e. The first-order valence-corrected chi connectivity index (χ1v) is 8.71. The van der Waals surface area contributed by atoms with Gasteiger partial charge in [0.15, 0.2) is 0 Å². The molecule has 0 aromatic carbocycles. The molecule has 1 aliphatic heterocycles. The molecule has 3 heterocycles. The fraction of sp³-hybridized carbons (Fsp3) is 0.562. The van der Waals surface area contributed by atoms with Crippen LogP contribution in [-0.2, 0) is 6.54 Å². The normalized spacial score (nSPS) is 16.5. The van der Waals surface area contributed by atoms with E-state index < -0.39 is 0 Å². The van der Waals surface area contributed by atoms with Crippen LogP contribution in [0.4, 0.5) is 5.82 Å². The summed E-state index contributed by atoms with van der Waals surface area (Å²) in [4.78, 5) is 18.4. The molecule has 0 aliphatic carbocycles. The second-order valence-corrected chi connectivity index (χ2v) is 7.11. The maximum absolute atomic E-state index is 4.69. The third kappa shape index (κ3) is 3.62. The molecule has 0 N–H and O–H groups in total. The van der Waals surface area contributed by atoms with E-state index in [2.05, 4.69) is 45.9 Å². The zero-order valence-electron chi connectivity index (χ0n) is 13.5. The molecule has 2 aromatic heterocycles. The van der Waals surface area contributed by atoms with E-state index in [1.807, 2.05) is 12.3 Å². The first-order chi connectivity index (χ1) is 10.6. The minimum atomic E-state index is 0.370. The molecule has 0 spiro atoms. The van der Waals surface area contributed by atoms with E-state index in [4.69, 9.17) is 4.98 Å². The van der Waals surface area contributed by atoms with Gasteiger partial charge in [0.2, 0.25) is 0 Å². The van der Waals surface area contributed by atoms with E-state index in [0.29, 0.717) is 5.92 Å². The Morgan fingerprint density at radius 3 is 2.59 bits per heavy atom. The lowest BCUT2D eigenvalue weighted by Gasteiger charge is -2.35. The molecule has 3 rings (SSSR count). The molecule has 0 amide bonds. The Hall–Kier alpha value is -1.53. The number of hydrogen-bond donors (Lipinski definition) is 0. The fourth-order valence-corrected chi connectivity index (χ4v) is 3.27. The van der Waals surface area contributed by atoms with E-state index >= 15 is 0 Å². The van der Waals surface area contributed by atoms with Crippen LogP contribution in [0.1, 0.15) is 36.3 Å². The van der Waals surface area contributed by atoms with Gasteiger partial charge in [-0.15, -0.1) is 11.3 Å². The van der Waals surface area contributed by atoms with Crippen molar-refractivity contribution in [2.24, 2.45) is 0 Å². The summed E-state index contributed by atoms with van der Waals surface area (Å²) in [6, 6.07) is 2.02. The summed E-state index contributed by atoms with van der Waals surface area (Å²) in [6.45, 7) is 11.4. The molecule has 1 aliphatic rings. The van der Waals surface area contributed by atoms with Crippen LogP contribution in [0.5, 0.6) is 0 Å². The van der Waals surface area contributed by atoms with Gasteiger partial charge in [0, 0.05) is 50.2 Å². The number of nitrogens with zero attached hydrogens (tertiary/aromatic N) is 5. The average molecular weight is 317 g/mol. The number of aromatic nitrogens is 3. The molecule has 0 radical (unpaired) electrons. The van der Waals surface area contributed by atoms with Crippen LogP contribution in [-0.4, -0.2) is 46.0 Å². The Balaban J connectivity index is 1.58. The summed E-state index contributed by atoms with van der Waals surface area (Å²) in [6.07, 6.45) is 1.88. The van der Waals surface area contributed by atoms with Crippen LogP contribution in [0.15, 0.2) is 17.6 Å². The summed E-state index contributed by atoms with van der Waals surface area (Å²) in [5, 5.41) is 3.32. The number of hydrogen-bond acceptors (Lipinski definition) is 6. The Morgan fingerprint density at radius 2 is 1.95 bits per heavy atom. The highest BCUT2D eigenvalue weighted by Crippen LogP contribution is 2.18. The van der Waals surface area contributed by atoms with Gasteiger partial charge >= 0.3 is 0 Å². The number of piperazine rings is 1. The molecule has 118 valence electrons. The second-order valence-electron chi connectivity index (χ2n) is 6.05. The van der Waals surface area contributed by atoms with Crippen LogP contribution in [0.2, 0.25) is 0 Å². The van der Waals surface area contributed by atoms with Crippen molar-refractivity contribution in [1.82, 2.24) is 19.9 Å². The quantitative estimate of drug-likeness (QED) is 0.867. The van der Waals surface area contributed by atoms with Crippen molar-refractivity contribution in [3.63, 3.8) is 0 Å². The van der Waals surface area contributed by atoms with Crippen LogP contribution in [0, 0.1) is 6.92 Å². The summed E-state index contributed by atoms with van der Waals surface area (Å²) in [5.74, 6) is 2.36. The number of thiazole rings is 1. The van der Waals surface area contributed by atoms with Gasteiger partial charge in [-0.25, -0.2) is 15.0 Å². The molecular weight excluding hydrogens is 294 g/mol. The van der Waals surface area contributed by atoms with Gasteiger partial charge in [-0.05, 0) is 13.0 Å². The fourth-order valence-electron chi connectivity index (χ4n) is 2.66. The minimum Gasteiger partial charge on any atom is -0.354 e. The van der Waals surface area contributed by atoms with Gasteiger partial charge in [0.25, 0.3) is 0 Å². The van der Waals surface area contributed by atoms with Gasteiger partial charge in [-0.3, -0.25) is 4.90 Å². The third-order valence-electron chi connectivity index (χ3n) is 3.92. The van der Waals surface area contributed by atoms with Gasteiger partial charge in [-0.2, -0.15) is 0 Å². The van der Waals surface area contributed by atoms with Crippen LogP contribution >= 0.6 is 11.3 Å². The van der Waals surface area contributed by atoms with Crippen molar-refractivity contribution in [3.05, 3.63) is 34.2 Å². The van der Waals surface area contributed by atoms with E-state index in [9.17, 15) is 0 Å². The molecule has 22 heavy (non-hydrogen) atoms. The van der Waals surface area contributed by atoms with Crippen molar-refractivity contribution < 1.29 is 0 Å². The highest BCUT2D eigenvalue weighted by atomic mass is 32.1. The van der Waals surface area contributed by atoms with Crippen molar-refractivity contribution in [1.29, 1.82) is 0 Å². The molecule has 2 aromatic rings. The smallest absolute Gasteiger partial charge is 0.133 e. The van der Waals surface area contributed by atoms with Gasteiger partial charge in [0.05, 0.1) is 10.7 Å². The van der Waals surface area contributed by atoms with Crippen molar-refractivity contribution in [2.45, 2.75) is 33.2 Å². The van der Waals surface area contributed by atoms with Crippen molar-refractivity contribution in [2.75, 3.05) is 31.1 Å². The van der Waals surface area contributed by atoms with Crippen LogP contribution in [0.3, 0.4) is 0 Å². The summed E-state index contributed by atoms with van der Waals surface area (Å²) in [7, 11) is 0. The minimum absolute atomic E-state index is 0.370. The number of aryl methyl sites for hydroxylation is 1. The number of anilines is 1. The standard InChI is InChI=1S/C16H23N5S/c1-12(2)16-17-5-4-15(19-16)21-8-6-20(7-9-21)10-14-11-22-13(3)18-14/h4-5,11-12H,6-10H2,1-3H3. The lowest BCUT2D eigenvalue weighted by molar-refractivity contribution is 0.247. The zero-order valence-corrected chi connectivity index (χ0v) is 14.3. The molecular formula is C16H23N5S. The van der Waals surface area contributed by atoms with Crippen LogP contribution in [0.25, 0.3) is 0 Å². The summed E-state index contributed by atoms with van der Waals surface area (Å²) in [5.41, 5.74) is 1.19. The molecule has 1 saturated heterocycles. The third-order valence-corrected chi connectivity index (χ3v) is 4.75. The van der Waals surface area contributed by atoms with Crippen LogP contribution < -0.4 is 4.90 Å². The molecule has 0 atom stereocenters. The highest BCUT2D eigenvalue weighted by Gasteiger charge is 2.19. The summed E-state index contributed by atoms with van der Waals surface area (Å²) >= 11 is 1.73. The molecule has 0 unspecified atom stereocenters. The van der Waals surface area contributed by atoms with Crippen molar-refractivity contribution >= 4 is 17.2 Å². The van der Waals surface area contributed by atoms with E-state index in [1.165, 1.54) is 5.69 Å². The average Bonchev–Trinajstić information content (AvgIpc) is 2.93. The van der Waals surface area contributed by atoms with E-state index in [-0.39, 0.29) is 0 Å². The molecule has 0 bridgehead atoms. The van der Waals surface area contributed by atoms with Gasteiger partial charge < -0.3 is 4.90 Å². The Kier molecular flexibility index (Phi) is 4.69. The molecule has 6 heteroatoms. The zero-order chi connectivity index (χ0) is 15.5. The van der Waals surface area contributed by atoms with E-state index in [1.54, 1.807) is 11.3 Å². The lowest BCUT2D eigenvalue weighted by atomic mass is 10.2. The first-order valence-electron chi connectivity index (χ1n) is 7.83. The molecule has 1 fully saturated rings. The second kappa shape index (κ2) is 6.71. The Bertz CT molecular complexity index is 617. The highest BCUT2D eigenvalue weighted by molar-refractivity contribution is 7.09. The predicted octanol–water partition coefficient (Wildman–Crippen LogP) is 2.69. The van der Waals surface area contributed by atoms with Gasteiger partial charge in [0.1, 0.15) is 11.6 Å². The number of rotatable bonds is 4. The van der Waals surface area contributed by atoms with Crippen molar-refractivity contribution in [3.8, 4) is 0 Å². The summed E-state index contributed by atoms with van der Waals surface area (Å²) < 4.78 is 0. The van der Waals surface area contributed by atoms with Gasteiger partial charge in [-0.1, -0.05) is 13.8 Å². The lowest BCUT2D eigenvalue weighted by Crippen LogP contribution is -2.46. The van der Waals surface area contributed by atoms with E-state index in [0.717, 1.165) is 49.4 Å². The molecule has 0 saturated carbocycles. The Labute approximate surface area is 136 Å². The molecule has 5 nitrogen and oxygen atoms in total. The SMILES string of the molecule is Cc1nc(CN2CCN(c3ccnc(C(C)C)n3)CC2)cs1. The predicted molar refractivity (Wildman–Crippen MR) is 90.5 cm³/mol. The maximum atomic E-state index is 4.69. The largest absolute Gasteiger partial charge is 0.354 e. The monoisotopic (exact) mass is 317 g/mol.